The van der Waals surface area contributed by atoms with E-state index in [0.29, 0.717) is 6.61 Å². The molecule has 2 heteroatoms. The highest BCUT2D eigenvalue weighted by molar-refractivity contribution is 5.49. The van der Waals surface area contributed by atoms with Crippen LogP contribution in [0.2, 0.25) is 0 Å². The predicted molar refractivity (Wildman–Crippen MR) is 80.7 cm³/mol. The maximum Gasteiger partial charge on any atom is 0.123 e. The van der Waals surface area contributed by atoms with E-state index in [0.717, 1.165) is 29.7 Å². The molecule has 1 unspecified atom stereocenters. The van der Waals surface area contributed by atoms with Gasteiger partial charge in [0, 0.05) is 5.56 Å². The number of aliphatic hydroxyl groups is 1. The van der Waals surface area contributed by atoms with E-state index in [-0.39, 0.29) is 6.10 Å². The molecular weight excluding hydrogens is 248 g/mol. The summed E-state index contributed by atoms with van der Waals surface area (Å²) in [5.74, 6) is 0.900. The van der Waals surface area contributed by atoms with Crippen molar-refractivity contribution in [2.75, 3.05) is 6.61 Å². The van der Waals surface area contributed by atoms with Crippen molar-refractivity contribution in [2.24, 2.45) is 0 Å². The summed E-state index contributed by atoms with van der Waals surface area (Å²) in [6, 6.07) is 16.1. The zero-order chi connectivity index (χ0) is 13.8. The van der Waals surface area contributed by atoms with Gasteiger partial charge in [0.2, 0.25) is 0 Å². The lowest BCUT2D eigenvalue weighted by Gasteiger charge is -2.09. The van der Waals surface area contributed by atoms with E-state index in [4.69, 9.17) is 4.74 Å². The molecule has 0 saturated heterocycles. The lowest BCUT2D eigenvalue weighted by atomic mass is 10.1. The summed E-state index contributed by atoms with van der Waals surface area (Å²) in [6.45, 7) is 0.543. The molecule has 0 radical (unpaired) electrons. The fourth-order valence-corrected chi connectivity index (χ4v) is 2.62. The monoisotopic (exact) mass is 266 g/mol. The van der Waals surface area contributed by atoms with Crippen molar-refractivity contribution in [1.82, 2.24) is 0 Å². The third kappa shape index (κ3) is 2.75. The summed E-state index contributed by atoms with van der Waals surface area (Å²) in [4.78, 5) is 0. The Morgan fingerprint density at radius 2 is 1.95 bits per heavy atom. The maximum atomic E-state index is 9.86. The minimum Gasteiger partial charge on any atom is -0.489 e. The number of hydrogen-bond donors (Lipinski definition) is 1. The molecule has 1 atom stereocenters. The predicted octanol–water partition coefficient (Wildman–Crippen LogP) is 3.76. The van der Waals surface area contributed by atoms with Crippen molar-refractivity contribution >= 4 is 6.08 Å². The number of fused-ring (bicyclic) bond motifs is 1. The molecule has 0 aliphatic heterocycles. The van der Waals surface area contributed by atoms with Crippen LogP contribution >= 0.6 is 0 Å². The molecule has 0 aromatic heterocycles. The number of rotatable bonds is 4. The SMILES string of the molecule is OC1CCc2c(OCC=Cc3ccccc3)cccc21. The summed E-state index contributed by atoms with van der Waals surface area (Å²) in [5, 5.41) is 9.86. The van der Waals surface area contributed by atoms with E-state index in [2.05, 4.69) is 18.2 Å². The molecule has 0 amide bonds. The summed E-state index contributed by atoms with van der Waals surface area (Å²) in [6.07, 6.45) is 5.44. The van der Waals surface area contributed by atoms with E-state index in [1.54, 1.807) is 0 Å². The van der Waals surface area contributed by atoms with Crippen LogP contribution in [0.3, 0.4) is 0 Å². The van der Waals surface area contributed by atoms with E-state index in [1.807, 2.05) is 42.5 Å². The fraction of sp³-hybridized carbons (Fsp3) is 0.222. The van der Waals surface area contributed by atoms with Crippen LogP contribution in [0.15, 0.2) is 54.6 Å². The van der Waals surface area contributed by atoms with Gasteiger partial charge in [-0.05, 0) is 36.1 Å². The average molecular weight is 266 g/mol. The Balaban J connectivity index is 1.64. The normalized spacial score (nSPS) is 17.4. The van der Waals surface area contributed by atoms with Crippen LogP contribution in [0.25, 0.3) is 6.08 Å². The van der Waals surface area contributed by atoms with Crippen molar-refractivity contribution in [2.45, 2.75) is 18.9 Å². The molecule has 3 rings (SSSR count). The molecule has 2 nitrogen and oxygen atoms in total. The lowest BCUT2D eigenvalue weighted by molar-refractivity contribution is 0.180. The molecule has 0 saturated carbocycles. The van der Waals surface area contributed by atoms with Crippen LogP contribution in [0.5, 0.6) is 5.75 Å². The van der Waals surface area contributed by atoms with E-state index in [9.17, 15) is 5.11 Å². The van der Waals surface area contributed by atoms with Gasteiger partial charge in [0.25, 0.3) is 0 Å². The smallest absolute Gasteiger partial charge is 0.123 e. The van der Waals surface area contributed by atoms with Gasteiger partial charge < -0.3 is 9.84 Å². The molecule has 0 heterocycles. The number of hydrogen-bond acceptors (Lipinski definition) is 2. The topological polar surface area (TPSA) is 29.5 Å². The number of aliphatic hydroxyl groups excluding tert-OH is 1. The molecule has 0 spiro atoms. The second kappa shape index (κ2) is 5.93. The summed E-state index contributed by atoms with van der Waals surface area (Å²) in [5.41, 5.74) is 3.35. The van der Waals surface area contributed by atoms with Gasteiger partial charge in [-0.1, -0.05) is 48.5 Å². The Hall–Kier alpha value is -2.06. The number of ether oxygens (including phenoxy) is 1. The van der Waals surface area contributed by atoms with Crippen molar-refractivity contribution in [3.05, 3.63) is 71.3 Å². The van der Waals surface area contributed by atoms with Gasteiger partial charge in [0.15, 0.2) is 0 Å². The first-order chi connectivity index (χ1) is 9.84. The zero-order valence-corrected chi connectivity index (χ0v) is 11.3. The van der Waals surface area contributed by atoms with E-state index < -0.39 is 0 Å². The highest BCUT2D eigenvalue weighted by Crippen LogP contribution is 2.36. The summed E-state index contributed by atoms with van der Waals surface area (Å²) in [7, 11) is 0. The maximum absolute atomic E-state index is 9.86. The highest BCUT2D eigenvalue weighted by atomic mass is 16.5. The molecule has 102 valence electrons. The minimum atomic E-state index is -0.326. The standard InChI is InChI=1S/C18H18O2/c19-17-12-11-16-15(17)9-4-10-18(16)20-13-5-8-14-6-2-1-3-7-14/h1-10,17,19H,11-13H2. The van der Waals surface area contributed by atoms with Crippen LogP contribution in [-0.4, -0.2) is 11.7 Å². The van der Waals surface area contributed by atoms with Gasteiger partial charge in [-0.3, -0.25) is 0 Å². The zero-order valence-electron chi connectivity index (χ0n) is 11.3. The molecular formula is C18H18O2. The van der Waals surface area contributed by atoms with Gasteiger partial charge in [0.1, 0.15) is 12.4 Å². The quantitative estimate of drug-likeness (QED) is 0.913. The second-order valence-corrected chi connectivity index (χ2v) is 5.00. The first kappa shape index (κ1) is 12.9. The Morgan fingerprint density at radius 1 is 1.10 bits per heavy atom. The van der Waals surface area contributed by atoms with Crippen LogP contribution in [-0.2, 0) is 6.42 Å². The van der Waals surface area contributed by atoms with Crippen molar-refractivity contribution in [1.29, 1.82) is 0 Å². The molecule has 2 aromatic rings. The van der Waals surface area contributed by atoms with Gasteiger partial charge in [-0.25, -0.2) is 0 Å². The summed E-state index contributed by atoms with van der Waals surface area (Å²) < 4.78 is 5.82. The first-order valence-electron chi connectivity index (χ1n) is 6.99. The lowest BCUT2D eigenvalue weighted by Crippen LogP contribution is -1.97. The molecule has 1 aliphatic carbocycles. The largest absolute Gasteiger partial charge is 0.489 e. The molecule has 1 N–H and O–H groups in total. The third-order valence-electron chi connectivity index (χ3n) is 3.64. The van der Waals surface area contributed by atoms with E-state index >= 15 is 0 Å². The van der Waals surface area contributed by atoms with E-state index in [1.165, 1.54) is 5.56 Å². The molecule has 1 aliphatic rings. The Kier molecular flexibility index (Phi) is 3.84. The first-order valence-corrected chi connectivity index (χ1v) is 6.99. The molecule has 20 heavy (non-hydrogen) atoms. The van der Waals surface area contributed by atoms with Crippen molar-refractivity contribution < 1.29 is 9.84 Å². The van der Waals surface area contributed by atoms with Crippen LogP contribution in [0.1, 0.15) is 29.2 Å². The Bertz CT molecular complexity index is 602. The van der Waals surface area contributed by atoms with Gasteiger partial charge >= 0.3 is 0 Å². The van der Waals surface area contributed by atoms with Gasteiger partial charge in [-0.15, -0.1) is 0 Å². The van der Waals surface area contributed by atoms with Crippen LogP contribution < -0.4 is 4.74 Å². The fourth-order valence-electron chi connectivity index (χ4n) is 2.62. The molecule has 0 bridgehead atoms. The van der Waals surface area contributed by atoms with Gasteiger partial charge in [-0.2, -0.15) is 0 Å². The number of benzene rings is 2. The second-order valence-electron chi connectivity index (χ2n) is 5.00. The molecule has 2 aromatic carbocycles. The van der Waals surface area contributed by atoms with Crippen molar-refractivity contribution in [3.8, 4) is 5.75 Å². The van der Waals surface area contributed by atoms with Gasteiger partial charge in [0.05, 0.1) is 6.10 Å². The minimum absolute atomic E-state index is 0.326. The Labute approximate surface area is 119 Å². The van der Waals surface area contributed by atoms with Crippen LogP contribution in [0, 0.1) is 0 Å². The molecule has 0 fully saturated rings. The summed E-state index contributed by atoms with van der Waals surface area (Å²) >= 11 is 0. The van der Waals surface area contributed by atoms with Crippen molar-refractivity contribution in [3.63, 3.8) is 0 Å². The third-order valence-corrected chi connectivity index (χ3v) is 3.64. The van der Waals surface area contributed by atoms with Crippen LogP contribution in [0.4, 0.5) is 0 Å². The average Bonchev–Trinajstić information content (AvgIpc) is 2.87. The Morgan fingerprint density at radius 3 is 2.80 bits per heavy atom. The highest BCUT2D eigenvalue weighted by Gasteiger charge is 2.22.